The Morgan fingerprint density at radius 2 is 1.80 bits per heavy atom. The summed E-state index contributed by atoms with van der Waals surface area (Å²) in [4.78, 5) is 17.4. The van der Waals surface area contributed by atoms with Crippen molar-refractivity contribution in [2.75, 3.05) is 13.2 Å². The van der Waals surface area contributed by atoms with Gasteiger partial charge in [-0.05, 0) is 61.6 Å². The summed E-state index contributed by atoms with van der Waals surface area (Å²) in [6, 6.07) is 24.2. The van der Waals surface area contributed by atoms with Crippen molar-refractivity contribution in [2.45, 2.75) is 52.5 Å². The maximum atomic E-state index is 12.5. The second-order valence-electron chi connectivity index (χ2n) is 9.29. The zero-order chi connectivity index (χ0) is 24.6. The zero-order valence-electron chi connectivity index (χ0n) is 21.0. The molecule has 1 aromatic heterocycles. The van der Waals surface area contributed by atoms with E-state index in [-0.39, 0.29) is 5.91 Å². The molecule has 0 aliphatic carbocycles. The van der Waals surface area contributed by atoms with Gasteiger partial charge in [0.15, 0.2) is 0 Å². The molecule has 182 valence electrons. The molecule has 0 unspecified atom stereocenters. The smallest absolute Gasteiger partial charge is 0.251 e. The third-order valence-corrected chi connectivity index (χ3v) is 6.22. The molecule has 0 radical (unpaired) electrons. The van der Waals surface area contributed by atoms with E-state index in [0.29, 0.717) is 31.1 Å². The fourth-order valence-electron chi connectivity index (χ4n) is 4.39. The number of carbonyl (C=O) groups excluding carboxylic acids is 1. The van der Waals surface area contributed by atoms with Crippen molar-refractivity contribution in [2.24, 2.45) is 0 Å². The number of ether oxygens (including phenoxy) is 1. The van der Waals surface area contributed by atoms with Crippen molar-refractivity contribution < 1.29 is 9.53 Å². The van der Waals surface area contributed by atoms with Crippen LogP contribution >= 0.6 is 0 Å². The van der Waals surface area contributed by atoms with Crippen molar-refractivity contribution in [3.63, 3.8) is 0 Å². The molecule has 0 saturated carbocycles. The van der Waals surface area contributed by atoms with Gasteiger partial charge in [0.05, 0.1) is 17.6 Å². The molecule has 0 aliphatic heterocycles. The third kappa shape index (κ3) is 6.30. The quantitative estimate of drug-likeness (QED) is 0.262. The van der Waals surface area contributed by atoms with E-state index in [1.54, 1.807) is 0 Å². The molecule has 5 nitrogen and oxygen atoms in total. The summed E-state index contributed by atoms with van der Waals surface area (Å²) >= 11 is 0. The Labute approximate surface area is 208 Å². The van der Waals surface area contributed by atoms with Crippen LogP contribution in [0.4, 0.5) is 0 Å². The number of aromatic nitrogens is 2. The Hall–Kier alpha value is -3.60. The minimum absolute atomic E-state index is 0.0461. The molecule has 35 heavy (non-hydrogen) atoms. The Morgan fingerprint density at radius 1 is 1.00 bits per heavy atom. The average molecular weight is 470 g/mol. The normalized spacial score (nSPS) is 11.2. The number of nitrogens with zero attached hydrogens (tertiary/aromatic N) is 2. The Morgan fingerprint density at radius 3 is 2.63 bits per heavy atom. The van der Waals surface area contributed by atoms with Gasteiger partial charge in [0.25, 0.3) is 5.91 Å². The number of benzene rings is 3. The summed E-state index contributed by atoms with van der Waals surface area (Å²) in [5.41, 5.74) is 5.16. The molecule has 0 saturated heterocycles. The maximum Gasteiger partial charge on any atom is 0.251 e. The van der Waals surface area contributed by atoms with E-state index in [9.17, 15) is 4.79 Å². The van der Waals surface area contributed by atoms with E-state index in [0.717, 1.165) is 47.6 Å². The molecule has 0 spiro atoms. The van der Waals surface area contributed by atoms with Crippen LogP contribution in [0.3, 0.4) is 0 Å². The van der Waals surface area contributed by atoms with Crippen LogP contribution < -0.4 is 10.1 Å². The lowest BCUT2D eigenvalue weighted by Crippen LogP contribution is -2.26. The standard InChI is InChI=1S/C30H35N3O2/c1-22(2)25-13-4-7-16-28(25)35-20-9-8-19-33-27-15-6-5-14-26(27)32-29(33)17-18-31-30(34)24-12-10-11-23(3)21-24/h4-7,10-16,21-22H,8-9,17-20H2,1-3H3,(H,31,34). The number of rotatable bonds is 11. The number of imidazole rings is 1. The number of carbonyl (C=O) groups is 1. The van der Waals surface area contributed by atoms with Gasteiger partial charge in [-0.25, -0.2) is 4.98 Å². The van der Waals surface area contributed by atoms with Crippen LogP contribution in [-0.4, -0.2) is 28.6 Å². The number of nitrogens with one attached hydrogen (secondary N) is 1. The van der Waals surface area contributed by atoms with Crippen molar-refractivity contribution in [3.05, 3.63) is 95.3 Å². The molecule has 4 aromatic rings. The number of fused-ring (bicyclic) bond motifs is 1. The Balaban J connectivity index is 1.34. The number of para-hydroxylation sites is 3. The molecule has 0 bridgehead atoms. The first-order valence-corrected chi connectivity index (χ1v) is 12.5. The number of unbranched alkanes of at least 4 members (excludes halogenated alkanes) is 1. The van der Waals surface area contributed by atoms with Crippen LogP contribution in [0.5, 0.6) is 5.75 Å². The van der Waals surface area contributed by atoms with Crippen molar-refractivity contribution in [1.82, 2.24) is 14.9 Å². The maximum absolute atomic E-state index is 12.5. The van der Waals surface area contributed by atoms with Crippen molar-refractivity contribution >= 4 is 16.9 Å². The molecule has 1 amide bonds. The van der Waals surface area contributed by atoms with Crippen LogP contribution in [0, 0.1) is 6.92 Å². The highest BCUT2D eigenvalue weighted by Crippen LogP contribution is 2.26. The Bertz CT molecular complexity index is 1280. The van der Waals surface area contributed by atoms with Gasteiger partial charge in [-0.2, -0.15) is 0 Å². The number of hydrogen-bond acceptors (Lipinski definition) is 3. The van der Waals surface area contributed by atoms with E-state index < -0.39 is 0 Å². The highest BCUT2D eigenvalue weighted by atomic mass is 16.5. The number of hydrogen-bond donors (Lipinski definition) is 1. The SMILES string of the molecule is Cc1cccc(C(=O)NCCc2nc3ccccc3n2CCCCOc2ccccc2C(C)C)c1. The van der Waals surface area contributed by atoms with E-state index >= 15 is 0 Å². The lowest BCUT2D eigenvalue weighted by molar-refractivity contribution is 0.0954. The first-order chi connectivity index (χ1) is 17.0. The molecular weight excluding hydrogens is 434 g/mol. The minimum Gasteiger partial charge on any atom is -0.493 e. The number of amides is 1. The fraction of sp³-hybridized carbons (Fsp3) is 0.333. The van der Waals surface area contributed by atoms with E-state index in [4.69, 9.17) is 9.72 Å². The van der Waals surface area contributed by atoms with Gasteiger partial charge in [-0.3, -0.25) is 4.79 Å². The zero-order valence-corrected chi connectivity index (χ0v) is 21.0. The molecule has 1 N–H and O–H groups in total. The first-order valence-electron chi connectivity index (χ1n) is 12.5. The van der Waals surface area contributed by atoms with Crippen LogP contribution in [-0.2, 0) is 13.0 Å². The third-order valence-electron chi connectivity index (χ3n) is 6.22. The van der Waals surface area contributed by atoms with Gasteiger partial charge in [0.2, 0.25) is 0 Å². The molecule has 1 heterocycles. The highest BCUT2D eigenvalue weighted by molar-refractivity contribution is 5.94. The number of aryl methyl sites for hydroxylation is 2. The highest BCUT2D eigenvalue weighted by Gasteiger charge is 2.12. The fourth-order valence-corrected chi connectivity index (χ4v) is 4.39. The van der Waals surface area contributed by atoms with Crippen LogP contribution in [0.2, 0.25) is 0 Å². The van der Waals surface area contributed by atoms with E-state index in [2.05, 4.69) is 54.1 Å². The van der Waals surface area contributed by atoms with Gasteiger partial charge in [-0.15, -0.1) is 0 Å². The molecule has 4 rings (SSSR count). The summed E-state index contributed by atoms with van der Waals surface area (Å²) < 4.78 is 8.39. The Kier molecular flexibility index (Phi) is 8.19. The molecule has 3 aromatic carbocycles. The molecule has 0 aliphatic rings. The van der Waals surface area contributed by atoms with Gasteiger partial charge in [0.1, 0.15) is 11.6 Å². The summed E-state index contributed by atoms with van der Waals surface area (Å²) in [7, 11) is 0. The summed E-state index contributed by atoms with van der Waals surface area (Å²) in [6.07, 6.45) is 2.64. The van der Waals surface area contributed by atoms with Gasteiger partial charge < -0.3 is 14.6 Å². The predicted molar refractivity (Wildman–Crippen MR) is 142 cm³/mol. The van der Waals surface area contributed by atoms with Crippen LogP contribution in [0.1, 0.15) is 59.9 Å². The average Bonchev–Trinajstić information content (AvgIpc) is 3.21. The summed E-state index contributed by atoms with van der Waals surface area (Å²) in [5.74, 6) is 2.38. The van der Waals surface area contributed by atoms with E-state index in [1.165, 1.54) is 5.56 Å². The second kappa shape index (κ2) is 11.7. The molecular formula is C30H35N3O2. The summed E-state index contributed by atoms with van der Waals surface area (Å²) in [5, 5.41) is 3.04. The second-order valence-corrected chi connectivity index (χ2v) is 9.29. The van der Waals surface area contributed by atoms with Crippen molar-refractivity contribution in [3.8, 4) is 5.75 Å². The largest absolute Gasteiger partial charge is 0.493 e. The lowest BCUT2D eigenvalue weighted by atomic mass is 10.0. The van der Waals surface area contributed by atoms with Crippen LogP contribution in [0.15, 0.2) is 72.8 Å². The molecule has 5 heteroatoms. The first kappa shape index (κ1) is 24.5. The monoisotopic (exact) mass is 469 g/mol. The topological polar surface area (TPSA) is 56.2 Å². The van der Waals surface area contributed by atoms with Crippen LogP contribution in [0.25, 0.3) is 11.0 Å². The predicted octanol–water partition coefficient (Wildman–Crippen LogP) is 6.30. The molecule has 0 atom stereocenters. The van der Waals surface area contributed by atoms with Gasteiger partial charge >= 0.3 is 0 Å². The minimum atomic E-state index is -0.0461. The lowest BCUT2D eigenvalue weighted by Gasteiger charge is -2.14. The molecule has 0 fully saturated rings. The van der Waals surface area contributed by atoms with Gasteiger partial charge in [0, 0.05) is 25.1 Å². The van der Waals surface area contributed by atoms with E-state index in [1.807, 2.05) is 49.4 Å². The van der Waals surface area contributed by atoms with Gasteiger partial charge in [-0.1, -0.05) is 61.9 Å². The van der Waals surface area contributed by atoms with Crippen molar-refractivity contribution in [1.29, 1.82) is 0 Å². The summed E-state index contributed by atoms with van der Waals surface area (Å²) in [6.45, 7) is 8.49.